The maximum absolute atomic E-state index is 11.6. The standard InChI is InChI=1S/C12H18O4/c1-7(2)9(11(13)15-5)10(8(3)4)12(14)16-6/h1-6H3. The normalized spacial score (nSPS) is 9.12. The minimum absolute atomic E-state index is 0.273. The molecule has 0 rings (SSSR count). The van der Waals surface area contributed by atoms with E-state index in [9.17, 15) is 9.59 Å². The Labute approximate surface area is 95.9 Å². The summed E-state index contributed by atoms with van der Waals surface area (Å²) in [6, 6.07) is 0. The Morgan fingerprint density at radius 3 is 1.06 bits per heavy atom. The largest absolute Gasteiger partial charge is 0.465 e. The molecule has 0 spiro atoms. The van der Waals surface area contributed by atoms with Gasteiger partial charge in [0.25, 0.3) is 0 Å². The first-order chi connectivity index (χ1) is 7.36. The van der Waals surface area contributed by atoms with Crippen molar-refractivity contribution in [3.05, 3.63) is 22.3 Å². The third kappa shape index (κ3) is 3.22. The zero-order valence-electron chi connectivity index (χ0n) is 10.6. The summed E-state index contributed by atoms with van der Waals surface area (Å²) in [5.41, 5.74) is 1.98. The first-order valence-corrected chi connectivity index (χ1v) is 4.88. The molecule has 0 aromatic heterocycles. The first-order valence-electron chi connectivity index (χ1n) is 4.88. The van der Waals surface area contributed by atoms with Crippen molar-refractivity contribution < 1.29 is 19.1 Å². The summed E-state index contributed by atoms with van der Waals surface area (Å²) in [6.07, 6.45) is 0. The van der Waals surface area contributed by atoms with E-state index in [1.807, 2.05) is 0 Å². The van der Waals surface area contributed by atoms with Crippen LogP contribution in [0.3, 0.4) is 0 Å². The lowest BCUT2D eigenvalue weighted by Gasteiger charge is -2.12. The third-order valence-corrected chi connectivity index (χ3v) is 2.03. The molecular formula is C12H18O4. The van der Waals surface area contributed by atoms with Gasteiger partial charge in [-0.3, -0.25) is 0 Å². The summed E-state index contributed by atoms with van der Waals surface area (Å²) in [5.74, 6) is -1.05. The van der Waals surface area contributed by atoms with Gasteiger partial charge in [-0.15, -0.1) is 0 Å². The summed E-state index contributed by atoms with van der Waals surface area (Å²) in [7, 11) is 2.57. The summed E-state index contributed by atoms with van der Waals surface area (Å²) in [5, 5.41) is 0. The van der Waals surface area contributed by atoms with Crippen LogP contribution >= 0.6 is 0 Å². The van der Waals surface area contributed by atoms with Crippen LogP contribution in [-0.2, 0) is 19.1 Å². The molecule has 0 bridgehead atoms. The van der Waals surface area contributed by atoms with E-state index in [0.29, 0.717) is 11.1 Å². The van der Waals surface area contributed by atoms with Crippen LogP contribution in [0.5, 0.6) is 0 Å². The Balaban J connectivity index is 5.71. The fourth-order valence-electron chi connectivity index (χ4n) is 1.32. The van der Waals surface area contributed by atoms with Crippen molar-refractivity contribution in [2.24, 2.45) is 0 Å². The molecular weight excluding hydrogens is 208 g/mol. The van der Waals surface area contributed by atoms with Crippen molar-refractivity contribution in [3.8, 4) is 0 Å². The second-order valence-corrected chi connectivity index (χ2v) is 3.73. The lowest BCUT2D eigenvalue weighted by Crippen LogP contribution is -2.17. The summed E-state index contributed by atoms with van der Waals surface area (Å²) < 4.78 is 9.32. The Morgan fingerprint density at radius 1 is 0.688 bits per heavy atom. The minimum Gasteiger partial charge on any atom is -0.465 e. The van der Waals surface area contributed by atoms with Crippen LogP contribution in [0.2, 0.25) is 0 Å². The highest BCUT2D eigenvalue weighted by Gasteiger charge is 2.24. The topological polar surface area (TPSA) is 52.6 Å². The van der Waals surface area contributed by atoms with Gasteiger partial charge in [0.1, 0.15) is 0 Å². The third-order valence-electron chi connectivity index (χ3n) is 2.03. The van der Waals surface area contributed by atoms with Crippen molar-refractivity contribution >= 4 is 11.9 Å². The molecule has 0 amide bonds. The Bertz CT molecular complexity index is 317. The van der Waals surface area contributed by atoms with E-state index in [-0.39, 0.29) is 11.1 Å². The lowest BCUT2D eigenvalue weighted by molar-refractivity contribution is -0.139. The fraction of sp³-hybridized carbons (Fsp3) is 0.500. The molecule has 90 valence electrons. The van der Waals surface area contributed by atoms with Gasteiger partial charge in [-0.2, -0.15) is 0 Å². The van der Waals surface area contributed by atoms with Crippen LogP contribution in [0, 0.1) is 0 Å². The van der Waals surface area contributed by atoms with E-state index in [1.54, 1.807) is 27.7 Å². The van der Waals surface area contributed by atoms with Gasteiger partial charge in [-0.05, 0) is 27.7 Å². The predicted octanol–water partition coefficient (Wildman–Crippen LogP) is 2.01. The quantitative estimate of drug-likeness (QED) is 0.419. The number of methoxy groups -OCH3 is 2. The van der Waals surface area contributed by atoms with Crippen LogP contribution in [0.4, 0.5) is 0 Å². The molecule has 0 unspecified atom stereocenters. The van der Waals surface area contributed by atoms with Crippen LogP contribution in [0.1, 0.15) is 27.7 Å². The number of allylic oxidation sites excluding steroid dienone is 2. The van der Waals surface area contributed by atoms with Crippen LogP contribution in [0.25, 0.3) is 0 Å². The lowest BCUT2D eigenvalue weighted by atomic mass is 9.97. The second kappa shape index (κ2) is 6.10. The van der Waals surface area contributed by atoms with E-state index >= 15 is 0 Å². The monoisotopic (exact) mass is 226 g/mol. The van der Waals surface area contributed by atoms with Crippen LogP contribution in [0.15, 0.2) is 22.3 Å². The summed E-state index contributed by atoms with van der Waals surface area (Å²) >= 11 is 0. The molecule has 0 aliphatic carbocycles. The number of hydrogen-bond acceptors (Lipinski definition) is 4. The maximum Gasteiger partial charge on any atom is 0.338 e. The Kier molecular flexibility index (Phi) is 5.50. The molecule has 0 fully saturated rings. The summed E-state index contributed by atoms with van der Waals surface area (Å²) in [6.45, 7) is 6.99. The molecule has 0 aliphatic rings. The number of carbonyl (C=O) groups is 2. The van der Waals surface area contributed by atoms with E-state index < -0.39 is 11.9 Å². The molecule has 0 atom stereocenters. The van der Waals surface area contributed by atoms with Gasteiger partial charge in [0.15, 0.2) is 0 Å². The maximum atomic E-state index is 11.6. The highest BCUT2D eigenvalue weighted by Crippen LogP contribution is 2.21. The molecule has 0 N–H and O–H groups in total. The average Bonchev–Trinajstić information content (AvgIpc) is 2.22. The minimum atomic E-state index is -0.526. The number of ether oxygens (including phenoxy) is 2. The second-order valence-electron chi connectivity index (χ2n) is 3.73. The molecule has 0 aliphatic heterocycles. The highest BCUT2D eigenvalue weighted by molar-refractivity contribution is 6.07. The fourth-order valence-corrected chi connectivity index (χ4v) is 1.32. The zero-order valence-corrected chi connectivity index (χ0v) is 10.6. The summed E-state index contributed by atoms with van der Waals surface area (Å²) in [4.78, 5) is 23.2. The smallest absolute Gasteiger partial charge is 0.338 e. The van der Waals surface area contributed by atoms with Gasteiger partial charge in [0.05, 0.1) is 25.4 Å². The van der Waals surface area contributed by atoms with Gasteiger partial charge in [0.2, 0.25) is 0 Å². The van der Waals surface area contributed by atoms with Gasteiger partial charge in [0, 0.05) is 0 Å². The SMILES string of the molecule is COC(=O)C(=C(C)C)C(C(=O)OC)=C(C)C. The van der Waals surface area contributed by atoms with Crippen molar-refractivity contribution in [1.29, 1.82) is 0 Å². The van der Waals surface area contributed by atoms with Crippen LogP contribution in [-0.4, -0.2) is 26.2 Å². The highest BCUT2D eigenvalue weighted by atomic mass is 16.5. The molecule has 0 aromatic carbocycles. The van der Waals surface area contributed by atoms with Crippen molar-refractivity contribution in [2.45, 2.75) is 27.7 Å². The Hall–Kier alpha value is -1.58. The molecule has 0 saturated heterocycles. The van der Waals surface area contributed by atoms with Crippen molar-refractivity contribution in [3.63, 3.8) is 0 Å². The van der Waals surface area contributed by atoms with Gasteiger partial charge in [-0.1, -0.05) is 11.1 Å². The van der Waals surface area contributed by atoms with E-state index in [4.69, 9.17) is 0 Å². The molecule has 4 heteroatoms. The number of carbonyl (C=O) groups excluding carboxylic acids is 2. The van der Waals surface area contributed by atoms with Gasteiger partial charge in [-0.25, -0.2) is 9.59 Å². The van der Waals surface area contributed by atoms with Crippen molar-refractivity contribution in [2.75, 3.05) is 14.2 Å². The molecule has 4 nitrogen and oxygen atoms in total. The van der Waals surface area contributed by atoms with Crippen LogP contribution < -0.4 is 0 Å². The molecule has 16 heavy (non-hydrogen) atoms. The number of esters is 2. The van der Waals surface area contributed by atoms with Gasteiger partial charge >= 0.3 is 11.9 Å². The van der Waals surface area contributed by atoms with Crippen molar-refractivity contribution in [1.82, 2.24) is 0 Å². The van der Waals surface area contributed by atoms with Gasteiger partial charge < -0.3 is 9.47 Å². The molecule has 0 heterocycles. The average molecular weight is 226 g/mol. The number of hydrogen-bond donors (Lipinski definition) is 0. The van der Waals surface area contributed by atoms with E-state index in [0.717, 1.165) is 0 Å². The molecule has 0 radical (unpaired) electrons. The van der Waals surface area contributed by atoms with E-state index in [2.05, 4.69) is 9.47 Å². The Morgan fingerprint density at radius 2 is 0.938 bits per heavy atom. The molecule has 0 saturated carbocycles. The molecule has 0 aromatic rings. The van der Waals surface area contributed by atoms with E-state index in [1.165, 1.54) is 14.2 Å². The number of rotatable bonds is 3. The first kappa shape index (κ1) is 14.4. The predicted molar refractivity (Wildman–Crippen MR) is 60.8 cm³/mol. The zero-order chi connectivity index (χ0) is 12.9.